The molecule has 1 fully saturated rings. The third-order valence-corrected chi connectivity index (χ3v) is 6.56. The highest BCUT2D eigenvalue weighted by Gasteiger charge is 2.38. The van der Waals surface area contributed by atoms with E-state index in [4.69, 9.17) is 9.84 Å². The molecule has 7 heteroatoms. The molecule has 1 saturated carbocycles. The zero-order chi connectivity index (χ0) is 23.2. The van der Waals surface area contributed by atoms with Crippen LogP contribution in [0.15, 0.2) is 59.4 Å². The normalized spacial score (nSPS) is 16.2. The van der Waals surface area contributed by atoms with E-state index in [0.29, 0.717) is 41.2 Å². The van der Waals surface area contributed by atoms with Crippen LogP contribution < -0.4 is 10.3 Å². The van der Waals surface area contributed by atoms with Crippen molar-refractivity contribution in [1.82, 2.24) is 14.6 Å². The van der Waals surface area contributed by atoms with E-state index >= 15 is 0 Å². The van der Waals surface area contributed by atoms with Gasteiger partial charge in [0.1, 0.15) is 11.4 Å². The molecular weight excluding hydrogens is 424 g/mol. The summed E-state index contributed by atoms with van der Waals surface area (Å²) in [4.78, 5) is 17.0. The van der Waals surface area contributed by atoms with Crippen molar-refractivity contribution in [2.75, 3.05) is 7.11 Å². The molecule has 0 amide bonds. The zero-order valence-electron chi connectivity index (χ0n) is 18.6. The summed E-state index contributed by atoms with van der Waals surface area (Å²) in [6.07, 6.45) is 0.401. The molecule has 0 radical (unpaired) electrons. The maximum Gasteiger partial charge on any atom is 0.282 e. The summed E-state index contributed by atoms with van der Waals surface area (Å²) >= 11 is 0. The molecule has 1 N–H and O–H groups in total. The van der Waals surface area contributed by atoms with E-state index < -0.39 is 5.92 Å². The van der Waals surface area contributed by atoms with Gasteiger partial charge in [-0.1, -0.05) is 42.5 Å². The topological polar surface area (TPSA) is 59.4 Å². The Kier molecular flexibility index (Phi) is 5.27. The maximum atomic E-state index is 13.9. The fourth-order valence-electron chi connectivity index (χ4n) is 4.83. The summed E-state index contributed by atoms with van der Waals surface area (Å²) in [5, 5.41) is 4.72. The Morgan fingerprint density at radius 3 is 2.33 bits per heavy atom. The van der Waals surface area contributed by atoms with Crippen molar-refractivity contribution in [2.24, 2.45) is 0 Å². The number of aromatic amines is 1. The third-order valence-electron chi connectivity index (χ3n) is 6.56. The number of nitrogens with one attached hydrogen (secondary N) is 1. The largest absolute Gasteiger partial charge is 0.497 e. The van der Waals surface area contributed by atoms with Crippen LogP contribution >= 0.6 is 0 Å². The smallest absolute Gasteiger partial charge is 0.282 e. The Hall–Kier alpha value is -3.48. The van der Waals surface area contributed by atoms with Gasteiger partial charge in [0.15, 0.2) is 0 Å². The van der Waals surface area contributed by atoms with Crippen LogP contribution in [-0.4, -0.2) is 27.6 Å². The molecule has 2 aromatic carbocycles. The number of aromatic nitrogens is 3. The molecule has 0 atom stereocenters. The molecule has 0 bridgehead atoms. The van der Waals surface area contributed by atoms with Gasteiger partial charge in [0.25, 0.3) is 5.56 Å². The zero-order valence-corrected chi connectivity index (χ0v) is 18.6. The lowest BCUT2D eigenvalue weighted by Gasteiger charge is -2.28. The van der Waals surface area contributed by atoms with E-state index in [2.05, 4.69) is 4.98 Å². The van der Waals surface area contributed by atoms with Crippen LogP contribution in [0.5, 0.6) is 5.75 Å². The van der Waals surface area contributed by atoms with Gasteiger partial charge < -0.3 is 9.72 Å². The second-order valence-electron chi connectivity index (χ2n) is 8.68. The third kappa shape index (κ3) is 3.81. The molecule has 1 aliphatic carbocycles. The predicted octanol–water partition coefficient (Wildman–Crippen LogP) is 5.97. The average molecular weight is 450 g/mol. The highest BCUT2D eigenvalue weighted by Crippen LogP contribution is 2.44. The molecular formula is C26H25F2N3O2. The number of aryl methyl sites for hydroxylation is 1. The lowest BCUT2D eigenvalue weighted by molar-refractivity contribution is -0.0381. The first-order chi connectivity index (χ1) is 15.9. The number of fused-ring (bicyclic) bond motifs is 1. The number of hydrogen-bond donors (Lipinski definition) is 1. The van der Waals surface area contributed by atoms with Crippen LogP contribution in [0.2, 0.25) is 0 Å². The van der Waals surface area contributed by atoms with Crippen molar-refractivity contribution in [2.45, 2.75) is 44.4 Å². The number of rotatable bonds is 4. The summed E-state index contributed by atoms with van der Waals surface area (Å²) in [6.45, 7) is 1.86. The van der Waals surface area contributed by atoms with Gasteiger partial charge in [-0.2, -0.15) is 9.61 Å². The second-order valence-corrected chi connectivity index (χ2v) is 8.68. The molecule has 4 aromatic rings. The maximum absolute atomic E-state index is 13.9. The van der Waals surface area contributed by atoms with Crippen molar-refractivity contribution in [3.8, 4) is 28.1 Å². The van der Waals surface area contributed by atoms with E-state index in [1.54, 1.807) is 7.11 Å². The van der Waals surface area contributed by atoms with E-state index in [1.165, 1.54) is 4.52 Å². The Morgan fingerprint density at radius 2 is 1.70 bits per heavy atom. The number of ether oxygens (including phenoxy) is 1. The first-order valence-corrected chi connectivity index (χ1v) is 11.1. The Labute approximate surface area is 190 Å². The standard InChI is InChI=1S/C26H25F2N3O2/c1-16-21(17-8-10-20(33-2)11-9-17)25(32)31-24(29-16)22(18-12-14-26(27,28)15-13-18)23(30-31)19-6-4-3-5-7-19/h3-11,18,29H,12-15H2,1-2H3. The first kappa shape index (κ1) is 21.4. The minimum Gasteiger partial charge on any atom is -0.497 e. The highest BCUT2D eigenvalue weighted by molar-refractivity contribution is 5.74. The molecule has 0 spiro atoms. The predicted molar refractivity (Wildman–Crippen MR) is 124 cm³/mol. The SMILES string of the molecule is COc1ccc(-c2c(C)[nH]c3c(C4CCC(F)(F)CC4)c(-c4ccccc4)nn3c2=O)cc1. The summed E-state index contributed by atoms with van der Waals surface area (Å²) in [5.74, 6) is -2.02. The lowest BCUT2D eigenvalue weighted by Crippen LogP contribution is -2.24. The number of benzene rings is 2. The van der Waals surface area contributed by atoms with E-state index in [0.717, 1.165) is 16.7 Å². The molecule has 2 aromatic heterocycles. The Bertz CT molecular complexity index is 1350. The van der Waals surface area contributed by atoms with E-state index in [9.17, 15) is 13.6 Å². The summed E-state index contributed by atoms with van der Waals surface area (Å²) in [5.41, 5.74) is 4.72. The van der Waals surface area contributed by atoms with Crippen LogP contribution in [0.1, 0.15) is 42.9 Å². The molecule has 2 heterocycles. The van der Waals surface area contributed by atoms with Crippen LogP contribution in [0, 0.1) is 6.92 Å². The molecule has 5 nitrogen and oxygen atoms in total. The Morgan fingerprint density at radius 1 is 1.03 bits per heavy atom. The molecule has 170 valence electrons. The quantitative estimate of drug-likeness (QED) is 0.418. The monoisotopic (exact) mass is 449 g/mol. The summed E-state index contributed by atoms with van der Waals surface area (Å²) in [6, 6.07) is 16.9. The Balaban J connectivity index is 1.72. The molecule has 1 aliphatic rings. The van der Waals surface area contributed by atoms with Crippen molar-refractivity contribution in [1.29, 1.82) is 0 Å². The molecule has 0 aliphatic heterocycles. The summed E-state index contributed by atoms with van der Waals surface area (Å²) in [7, 11) is 1.59. The van der Waals surface area contributed by atoms with Gasteiger partial charge >= 0.3 is 0 Å². The van der Waals surface area contributed by atoms with Gasteiger partial charge in [-0.3, -0.25) is 4.79 Å². The van der Waals surface area contributed by atoms with Crippen molar-refractivity contribution < 1.29 is 13.5 Å². The van der Waals surface area contributed by atoms with Crippen LogP contribution in [0.4, 0.5) is 8.78 Å². The van der Waals surface area contributed by atoms with Crippen LogP contribution in [0.25, 0.3) is 28.0 Å². The molecule has 5 rings (SSSR count). The van der Waals surface area contributed by atoms with Crippen LogP contribution in [-0.2, 0) is 0 Å². The molecule has 0 saturated heterocycles. The fraction of sp³-hybridized carbons (Fsp3) is 0.308. The van der Waals surface area contributed by atoms with Crippen molar-refractivity contribution >= 4 is 5.65 Å². The summed E-state index contributed by atoms with van der Waals surface area (Å²) < 4.78 is 34.4. The minimum absolute atomic E-state index is 0.0979. The van der Waals surface area contributed by atoms with Gasteiger partial charge in [-0.15, -0.1) is 0 Å². The minimum atomic E-state index is -2.63. The van der Waals surface area contributed by atoms with E-state index in [-0.39, 0.29) is 24.3 Å². The van der Waals surface area contributed by atoms with Crippen molar-refractivity contribution in [3.05, 3.63) is 76.2 Å². The number of hydrogen-bond acceptors (Lipinski definition) is 3. The van der Waals surface area contributed by atoms with Gasteiger partial charge in [-0.25, -0.2) is 8.78 Å². The van der Waals surface area contributed by atoms with E-state index in [1.807, 2.05) is 61.5 Å². The van der Waals surface area contributed by atoms with Gasteiger partial charge in [-0.05, 0) is 43.4 Å². The second kappa shape index (κ2) is 8.14. The van der Waals surface area contributed by atoms with Gasteiger partial charge in [0.05, 0.1) is 18.4 Å². The average Bonchev–Trinajstić information content (AvgIpc) is 3.20. The van der Waals surface area contributed by atoms with Gasteiger partial charge in [0.2, 0.25) is 5.92 Å². The van der Waals surface area contributed by atoms with Gasteiger partial charge in [0, 0.05) is 29.7 Å². The number of H-pyrrole nitrogens is 1. The fourth-order valence-corrected chi connectivity index (χ4v) is 4.83. The number of alkyl halides is 2. The van der Waals surface area contributed by atoms with Crippen molar-refractivity contribution in [3.63, 3.8) is 0 Å². The number of methoxy groups -OCH3 is 1. The molecule has 0 unspecified atom stereocenters. The molecule has 33 heavy (non-hydrogen) atoms. The lowest BCUT2D eigenvalue weighted by atomic mass is 9.81. The number of halogens is 2. The number of nitrogens with zero attached hydrogens (tertiary/aromatic N) is 2. The first-order valence-electron chi connectivity index (χ1n) is 11.1. The highest BCUT2D eigenvalue weighted by atomic mass is 19.3. The van der Waals surface area contributed by atoms with Crippen LogP contribution in [0.3, 0.4) is 0 Å².